The lowest BCUT2D eigenvalue weighted by Gasteiger charge is -2.10. The number of aliphatic imine (C=N–C) groups is 1. The number of amidine groups is 1. The molecule has 9 heteroatoms. The minimum absolute atomic E-state index is 0.0711. The molecule has 0 atom stereocenters. The number of halogens is 2. The molecule has 2 amide bonds. The van der Waals surface area contributed by atoms with Gasteiger partial charge in [0.05, 0.1) is 21.3 Å². The Kier molecular flexibility index (Phi) is 7.30. The largest absolute Gasteiger partial charge is 0.482 e. The predicted molar refractivity (Wildman–Crippen MR) is 134 cm³/mol. The zero-order chi connectivity index (χ0) is 24.1. The summed E-state index contributed by atoms with van der Waals surface area (Å²) in [4.78, 5) is 29.3. The standard InChI is InChI=1S/C25H19ClFN3O3S/c1-15-5-4-6-17(11-15)28-25-30-24(32)22(34-25)13-16-9-10-21(18(26)12-16)33-14-23(31)29-20-8-3-2-7-19(20)27/h2-13H,14H2,1H3,(H,29,31)(H,28,30,32)/b22-13-. The average Bonchev–Trinajstić information content (AvgIpc) is 3.13. The van der Waals surface area contributed by atoms with Gasteiger partial charge in [0.25, 0.3) is 11.8 Å². The molecule has 3 aromatic rings. The second-order valence-electron chi connectivity index (χ2n) is 7.33. The fourth-order valence-corrected chi connectivity index (χ4v) is 4.15. The number of amides is 2. The van der Waals surface area contributed by atoms with Crippen LogP contribution in [0.3, 0.4) is 0 Å². The highest BCUT2D eigenvalue weighted by Gasteiger charge is 2.24. The number of hydrogen-bond donors (Lipinski definition) is 2. The van der Waals surface area contributed by atoms with Crippen molar-refractivity contribution in [1.29, 1.82) is 0 Å². The van der Waals surface area contributed by atoms with E-state index in [1.54, 1.807) is 30.3 Å². The Morgan fingerprint density at radius 1 is 1.18 bits per heavy atom. The van der Waals surface area contributed by atoms with Gasteiger partial charge in [-0.05, 0) is 72.3 Å². The maximum atomic E-state index is 13.6. The number of rotatable bonds is 6. The quantitative estimate of drug-likeness (QED) is 0.430. The van der Waals surface area contributed by atoms with Crippen LogP contribution in [-0.4, -0.2) is 23.6 Å². The van der Waals surface area contributed by atoms with Crippen molar-refractivity contribution in [1.82, 2.24) is 5.32 Å². The van der Waals surface area contributed by atoms with Crippen molar-refractivity contribution in [3.63, 3.8) is 0 Å². The van der Waals surface area contributed by atoms with Crippen LogP contribution in [0, 0.1) is 12.7 Å². The van der Waals surface area contributed by atoms with E-state index in [2.05, 4.69) is 15.6 Å². The van der Waals surface area contributed by atoms with Crippen molar-refractivity contribution < 1.29 is 18.7 Å². The number of nitrogens with zero attached hydrogens (tertiary/aromatic N) is 1. The third-order valence-electron chi connectivity index (χ3n) is 4.64. The molecule has 4 rings (SSSR count). The third kappa shape index (κ3) is 6.03. The van der Waals surface area contributed by atoms with E-state index in [4.69, 9.17) is 16.3 Å². The second kappa shape index (κ2) is 10.5. The van der Waals surface area contributed by atoms with Crippen LogP contribution in [0.5, 0.6) is 5.75 Å². The lowest BCUT2D eigenvalue weighted by molar-refractivity contribution is -0.118. The van der Waals surface area contributed by atoms with Gasteiger partial charge in [0, 0.05) is 0 Å². The zero-order valence-electron chi connectivity index (χ0n) is 18.0. The highest BCUT2D eigenvalue weighted by Crippen LogP contribution is 2.31. The van der Waals surface area contributed by atoms with Crippen molar-refractivity contribution in [2.45, 2.75) is 6.92 Å². The van der Waals surface area contributed by atoms with E-state index in [0.29, 0.717) is 15.6 Å². The highest BCUT2D eigenvalue weighted by molar-refractivity contribution is 8.18. The van der Waals surface area contributed by atoms with Gasteiger partial charge >= 0.3 is 0 Å². The van der Waals surface area contributed by atoms with Gasteiger partial charge in [0.2, 0.25) is 0 Å². The van der Waals surface area contributed by atoms with E-state index < -0.39 is 11.7 Å². The van der Waals surface area contributed by atoms with Gasteiger partial charge in [-0.2, -0.15) is 0 Å². The molecule has 1 heterocycles. The number of para-hydroxylation sites is 1. The van der Waals surface area contributed by atoms with E-state index >= 15 is 0 Å². The van der Waals surface area contributed by atoms with Crippen molar-refractivity contribution in [3.8, 4) is 5.75 Å². The minimum atomic E-state index is -0.535. The molecule has 0 aromatic heterocycles. The fourth-order valence-electron chi connectivity index (χ4n) is 3.06. The van der Waals surface area contributed by atoms with Crippen molar-refractivity contribution >= 4 is 57.8 Å². The minimum Gasteiger partial charge on any atom is -0.482 e. The Morgan fingerprint density at radius 2 is 2.00 bits per heavy atom. The topological polar surface area (TPSA) is 79.8 Å². The Bertz CT molecular complexity index is 1330. The zero-order valence-corrected chi connectivity index (χ0v) is 19.5. The molecule has 1 aliphatic rings. The van der Waals surface area contributed by atoms with Crippen LogP contribution in [0.25, 0.3) is 6.08 Å². The van der Waals surface area contributed by atoms with Crippen LogP contribution in [0.15, 0.2) is 76.6 Å². The number of aryl methyl sites for hydroxylation is 1. The van der Waals surface area contributed by atoms with Crippen LogP contribution >= 0.6 is 23.4 Å². The number of carbonyl (C=O) groups excluding carboxylic acids is 2. The molecule has 0 saturated carbocycles. The predicted octanol–water partition coefficient (Wildman–Crippen LogP) is 5.70. The Hall–Kier alpha value is -3.62. The average molecular weight is 496 g/mol. The molecule has 2 N–H and O–H groups in total. The summed E-state index contributed by atoms with van der Waals surface area (Å²) in [6.45, 7) is 1.63. The van der Waals surface area contributed by atoms with Gasteiger partial charge in [0.1, 0.15) is 11.6 Å². The van der Waals surface area contributed by atoms with Crippen LogP contribution < -0.4 is 15.4 Å². The summed E-state index contributed by atoms with van der Waals surface area (Å²) in [5.74, 6) is -1.02. The van der Waals surface area contributed by atoms with E-state index in [1.807, 2.05) is 31.2 Å². The summed E-state index contributed by atoms with van der Waals surface area (Å²) in [7, 11) is 0. The Morgan fingerprint density at radius 3 is 2.76 bits per heavy atom. The molecule has 1 fully saturated rings. The lowest BCUT2D eigenvalue weighted by Crippen LogP contribution is -2.20. The molecule has 1 saturated heterocycles. The molecule has 0 radical (unpaired) electrons. The fraction of sp³-hybridized carbons (Fsp3) is 0.0800. The maximum Gasteiger partial charge on any atom is 0.264 e. The van der Waals surface area contributed by atoms with Crippen LogP contribution in [0.1, 0.15) is 11.1 Å². The molecule has 6 nitrogen and oxygen atoms in total. The SMILES string of the molecule is Cc1cccc(N=C2NC(=O)/C(=C/c3ccc(OCC(=O)Nc4ccccc4F)c(Cl)c3)S2)c1. The molecule has 172 valence electrons. The van der Waals surface area contributed by atoms with E-state index in [1.165, 1.54) is 30.0 Å². The van der Waals surface area contributed by atoms with Crippen LogP contribution in [-0.2, 0) is 9.59 Å². The number of benzene rings is 3. The first-order valence-electron chi connectivity index (χ1n) is 10.2. The van der Waals surface area contributed by atoms with Gasteiger partial charge in [0.15, 0.2) is 11.8 Å². The molecule has 0 unspecified atom stereocenters. The van der Waals surface area contributed by atoms with Crippen molar-refractivity contribution in [3.05, 3.63) is 93.6 Å². The maximum absolute atomic E-state index is 13.6. The van der Waals surface area contributed by atoms with Crippen LogP contribution in [0.2, 0.25) is 5.02 Å². The molecule has 0 bridgehead atoms. The van der Waals surface area contributed by atoms with Gasteiger partial charge in [-0.3, -0.25) is 9.59 Å². The summed E-state index contributed by atoms with van der Waals surface area (Å²) in [6, 6.07) is 18.5. The van der Waals surface area contributed by atoms with Crippen molar-refractivity contribution in [2.75, 3.05) is 11.9 Å². The summed E-state index contributed by atoms with van der Waals surface area (Å²) < 4.78 is 19.1. The first-order valence-corrected chi connectivity index (χ1v) is 11.4. The summed E-state index contributed by atoms with van der Waals surface area (Å²) in [5, 5.41) is 5.95. The third-order valence-corrected chi connectivity index (χ3v) is 5.85. The number of nitrogens with one attached hydrogen (secondary N) is 2. The van der Waals surface area contributed by atoms with E-state index in [-0.39, 0.29) is 29.0 Å². The van der Waals surface area contributed by atoms with Gasteiger partial charge in [-0.1, -0.05) is 41.9 Å². The first kappa shape index (κ1) is 23.5. The molecule has 0 aliphatic carbocycles. The normalized spacial score (nSPS) is 15.4. The number of hydrogen-bond acceptors (Lipinski definition) is 5. The second-order valence-corrected chi connectivity index (χ2v) is 8.77. The van der Waals surface area contributed by atoms with E-state index in [9.17, 15) is 14.0 Å². The van der Waals surface area contributed by atoms with E-state index in [0.717, 1.165) is 11.3 Å². The number of anilines is 1. The van der Waals surface area contributed by atoms with Gasteiger partial charge in [-0.25, -0.2) is 9.38 Å². The first-order chi connectivity index (χ1) is 16.4. The summed E-state index contributed by atoms with van der Waals surface area (Å²) in [5.41, 5.74) is 2.59. The Labute approximate surface area is 204 Å². The summed E-state index contributed by atoms with van der Waals surface area (Å²) in [6.07, 6.45) is 1.69. The summed E-state index contributed by atoms with van der Waals surface area (Å²) >= 11 is 7.53. The smallest absolute Gasteiger partial charge is 0.264 e. The molecular weight excluding hydrogens is 477 g/mol. The molecule has 3 aromatic carbocycles. The number of ether oxygens (including phenoxy) is 1. The number of carbonyl (C=O) groups is 2. The molecule has 1 aliphatic heterocycles. The monoisotopic (exact) mass is 495 g/mol. The molecule has 0 spiro atoms. The van der Waals surface area contributed by atoms with Crippen molar-refractivity contribution in [2.24, 2.45) is 4.99 Å². The van der Waals surface area contributed by atoms with Crippen LogP contribution in [0.4, 0.5) is 15.8 Å². The lowest BCUT2D eigenvalue weighted by atomic mass is 10.2. The molecular formula is C25H19ClFN3O3S. The molecule has 34 heavy (non-hydrogen) atoms. The highest BCUT2D eigenvalue weighted by atomic mass is 35.5. The Balaban J connectivity index is 1.39. The number of thioether (sulfide) groups is 1. The van der Waals surface area contributed by atoms with Gasteiger partial charge < -0.3 is 15.4 Å². The van der Waals surface area contributed by atoms with Gasteiger partial charge in [-0.15, -0.1) is 0 Å².